The topological polar surface area (TPSA) is 12.0 Å². The predicted octanol–water partition coefficient (Wildman–Crippen LogP) is 4.81. The second-order valence-corrected chi connectivity index (χ2v) is 6.07. The number of hydrogen-bond acceptors (Lipinski definition) is 2. The van der Waals surface area contributed by atoms with Gasteiger partial charge in [-0.05, 0) is 43.2 Å². The van der Waals surface area contributed by atoms with Crippen LogP contribution in [0.25, 0.3) is 0 Å². The van der Waals surface area contributed by atoms with E-state index in [0.29, 0.717) is 6.04 Å². The molecule has 18 heavy (non-hydrogen) atoms. The summed E-state index contributed by atoms with van der Waals surface area (Å²) in [5, 5.41) is 4.33. The van der Waals surface area contributed by atoms with Crippen molar-refractivity contribution in [2.75, 3.05) is 0 Å². The van der Waals surface area contributed by atoms with Crippen molar-refractivity contribution >= 4 is 22.9 Å². The molecule has 1 aromatic heterocycles. The number of thiophene rings is 1. The van der Waals surface area contributed by atoms with Gasteiger partial charge in [0.1, 0.15) is 0 Å². The summed E-state index contributed by atoms with van der Waals surface area (Å²) in [6, 6.07) is 12.8. The van der Waals surface area contributed by atoms with Crippen molar-refractivity contribution in [3.05, 3.63) is 56.7 Å². The Morgan fingerprint density at radius 1 is 1.22 bits per heavy atom. The Hall–Kier alpha value is -0.830. The zero-order chi connectivity index (χ0) is 13.0. The molecule has 2 aromatic rings. The summed E-state index contributed by atoms with van der Waals surface area (Å²) in [6.07, 6.45) is 1.12. The van der Waals surface area contributed by atoms with Crippen molar-refractivity contribution in [1.82, 2.24) is 5.32 Å². The van der Waals surface area contributed by atoms with E-state index >= 15 is 0 Å². The maximum atomic E-state index is 6.00. The van der Waals surface area contributed by atoms with Gasteiger partial charge in [0.2, 0.25) is 0 Å². The molecular weight excluding hydrogens is 262 g/mol. The molecule has 0 unspecified atom stereocenters. The van der Waals surface area contributed by atoms with Gasteiger partial charge in [0.15, 0.2) is 0 Å². The summed E-state index contributed by atoms with van der Waals surface area (Å²) in [4.78, 5) is 2.84. The molecule has 0 spiro atoms. The highest BCUT2D eigenvalue weighted by Gasteiger charge is 2.06. The predicted molar refractivity (Wildman–Crippen MR) is 80.4 cm³/mol. The van der Waals surface area contributed by atoms with Gasteiger partial charge in [-0.3, -0.25) is 0 Å². The number of halogens is 1. The molecular formula is C15H18ClNS. The van der Waals surface area contributed by atoms with Crippen LogP contribution in [0.2, 0.25) is 5.02 Å². The van der Waals surface area contributed by atoms with Crippen LogP contribution >= 0.6 is 22.9 Å². The van der Waals surface area contributed by atoms with Gasteiger partial charge in [0.05, 0.1) is 0 Å². The van der Waals surface area contributed by atoms with E-state index in [0.717, 1.165) is 18.0 Å². The van der Waals surface area contributed by atoms with Gasteiger partial charge in [0, 0.05) is 27.4 Å². The van der Waals surface area contributed by atoms with Gasteiger partial charge in [-0.25, -0.2) is 0 Å². The largest absolute Gasteiger partial charge is 0.305 e. The number of benzene rings is 1. The Balaban J connectivity index is 1.93. The van der Waals surface area contributed by atoms with E-state index in [-0.39, 0.29) is 0 Å². The van der Waals surface area contributed by atoms with Gasteiger partial charge >= 0.3 is 0 Å². The second kappa shape index (κ2) is 6.37. The lowest BCUT2D eigenvalue weighted by molar-refractivity contribution is 0.579. The lowest BCUT2D eigenvalue weighted by Gasteiger charge is -2.13. The molecule has 0 bridgehead atoms. The third-order valence-corrected chi connectivity index (χ3v) is 4.46. The Morgan fingerprint density at radius 3 is 2.67 bits per heavy atom. The van der Waals surface area contributed by atoms with Gasteiger partial charge in [-0.1, -0.05) is 30.7 Å². The van der Waals surface area contributed by atoms with Crippen molar-refractivity contribution in [3.8, 4) is 0 Å². The summed E-state index contributed by atoms with van der Waals surface area (Å²) >= 11 is 7.89. The Labute approximate surface area is 118 Å². The molecule has 0 saturated carbocycles. The molecule has 0 aliphatic rings. The Bertz CT molecular complexity index is 507. The first-order valence-corrected chi connectivity index (χ1v) is 7.45. The number of hydrogen-bond donors (Lipinski definition) is 1. The summed E-state index contributed by atoms with van der Waals surface area (Å²) in [7, 11) is 0. The second-order valence-electron chi connectivity index (χ2n) is 4.38. The average Bonchev–Trinajstić information content (AvgIpc) is 2.84. The lowest BCUT2D eigenvalue weighted by Crippen LogP contribution is -2.17. The fourth-order valence-corrected chi connectivity index (χ4v) is 2.96. The highest BCUT2D eigenvalue weighted by Crippen LogP contribution is 2.20. The number of nitrogens with one attached hydrogen (secondary N) is 1. The van der Waals surface area contributed by atoms with Gasteiger partial charge in [-0.15, -0.1) is 11.3 Å². The minimum Gasteiger partial charge on any atom is -0.305 e. The van der Waals surface area contributed by atoms with Crippen LogP contribution < -0.4 is 5.32 Å². The van der Waals surface area contributed by atoms with Crippen LogP contribution in [0.1, 0.15) is 35.2 Å². The first-order valence-electron chi connectivity index (χ1n) is 6.25. The van der Waals surface area contributed by atoms with E-state index in [9.17, 15) is 0 Å². The molecule has 0 saturated heterocycles. The minimum absolute atomic E-state index is 0.316. The number of rotatable bonds is 5. The standard InChI is InChI=1S/C15H18ClNS/c1-3-14-7-8-15(18-14)10-17-11(2)12-5-4-6-13(16)9-12/h4-9,11,17H,3,10H2,1-2H3/t11-/m1/s1. The zero-order valence-electron chi connectivity index (χ0n) is 10.7. The van der Waals surface area contributed by atoms with E-state index in [1.54, 1.807) is 0 Å². The summed E-state index contributed by atoms with van der Waals surface area (Å²) in [6.45, 7) is 5.27. The van der Waals surface area contributed by atoms with Crippen molar-refractivity contribution in [1.29, 1.82) is 0 Å². The van der Waals surface area contributed by atoms with Crippen molar-refractivity contribution < 1.29 is 0 Å². The molecule has 1 heterocycles. The number of aryl methyl sites for hydroxylation is 1. The zero-order valence-corrected chi connectivity index (χ0v) is 12.3. The van der Waals surface area contributed by atoms with Crippen molar-refractivity contribution in [3.63, 3.8) is 0 Å². The first-order chi connectivity index (χ1) is 8.69. The molecule has 1 nitrogen and oxygen atoms in total. The molecule has 0 aliphatic carbocycles. The van der Waals surface area contributed by atoms with Crippen LogP contribution in [-0.2, 0) is 13.0 Å². The fourth-order valence-electron chi connectivity index (χ4n) is 1.85. The molecule has 0 radical (unpaired) electrons. The molecule has 1 atom stereocenters. The normalized spacial score (nSPS) is 12.6. The van der Waals surface area contributed by atoms with Crippen LogP contribution in [0, 0.1) is 0 Å². The molecule has 2 rings (SSSR count). The minimum atomic E-state index is 0.316. The molecule has 96 valence electrons. The van der Waals surface area contributed by atoms with Crippen LogP contribution in [0.15, 0.2) is 36.4 Å². The molecule has 1 N–H and O–H groups in total. The quantitative estimate of drug-likeness (QED) is 0.828. The Kier molecular flexibility index (Phi) is 4.81. The highest BCUT2D eigenvalue weighted by molar-refractivity contribution is 7.11. The molecule has 3 heteroatoms. The van der Waals surface area contributed by atoms with E-state index in [2.05, 4.69) is 37.4 Å². The van der Waals surface area contributed by atoms with Gasteiger partial charge < -0.3 is 5.32 Å². The van der Waals surface area contributed by atoms with E-state index in [4.69, 9.17) is 11.6 Å². The molecule has 0 aliphatic heterocycles. The van der Waals surface area contributed by atoms with Crippen LogP contribution in [-0.4, -0.2) is 0 Å². The highest BCUT2D eigenvalue weighted by atomic mass is 35.5. The van der Waals surface area contributed by atoms with E-state index in [1.807, 2.05) is 29.5 Å². The summed E-state index contributed by atoms with van der Waals surface area (Å²) < 4.78 is 0. The SMILES string of the molecule is CCc1ccc(CN[C@H](C)c2cccc(Cl)c2)s1. The van der Waals surface area contributed by atoms with Crippen molar-refractivity contribution in [2.45, 2.75) is 32.9 Å². The van der Waals surface area contributed by atoms with Crippen LogP contribution in [0.3, 0.4) is 0 Å². The average molecular weight is 280 g/mol. The van der Waals surface area contributed by atoms with Gasteiger partial charge in [-0.2, -0.15) is 0 Å². The van der Waals surface area contributed by atoms with Gasteiger partial charge in [0.25, 0.3) is 0 Å². The molecule has 0 fully saturated rings. The Morgan fingerprint density at radius 2 is 2.00 bits per heavy atom. The first kappa shape index (κ1) is 13.6. The maximum Gasteiger partial charge on any atom is 0.0409 e. The van der Waals surface area contributed by atoms with Crippen LogP contribution in [0.4, 0.5) is 0 Å². The smallest absolute Gasteiger partial charge is 0.0409 e. The molecule has 0 amide bonds. The maximum absolute atomic E-state index is 6.00. The lowest BCUT2D eigenvalue weighted by atomic mass is 10.1. The van der Waals surface area contributed by atoms with Crippen molar-refractivity contribution in [2.24, 2.45) is 0 Å². The molecule has 1 aromatic carbocycles. The van der Waals surface area contributed by atoms with Crippen LogP contribution in [0.5, 0.6) is 0 Å². The summed E-state index contributed by atoms with van der Waals surface area (Å²) in [5.41, 5.74) is 1.23. The third kappa shape index (κ3) is 3.58. The monoisotopic (exact) mass is 279 g/mol. The third-order valence-electron chi connectivity index (χ3n) is 3.00. The van der Waals surface area contributed by atoms with E-state index < -0.39 is 0 Å². The van der Waals surface area contributed by atoms with E-state index in [1.165, 1.54) is 15.3 Å². The summed E-state index contributed by atoms with van der Waals surface area (Å²) in [5.74, 6) is 0. The fraction of sp³-hybridized carbons (Fsp3) is 0.333.